The van der Waals surface area contributed by atoms with Crippen molar-refractivity contribution in [1.82, 2.24) is 10.6 Å². The topological polar surface area (TPSA) is 71.3 Å². The van der Waals surface area contributed by atoms with Crippen LogP contribution in [0.4, 0.5) is 0 Å². The second-order valence-electron chi connectivity index (χ2n) is 3.97. The van der Waals surface area contributed by atoms with Gasteiger partial charge in [0.2, 0.25) is 6.41 Å². The summed E-state index contributed by atoms with van der Waals surface area (Å²) < 4.78 is 6.38. The van der Waals surface area contributed by atoms with Crippen LogP contribution in [-0.2, 0) is 4.79 Å². The van der Waals surface area contributed by atoms with E-state index in [-0.39, 0.29) is 11.7 Å². The second-order valence-corrected chi connectivity index (χ2v) is 4.89. The molecule has 1 aromatic heterocycles. The molecule has 2 amide bonds. The molecule has 0 bridgehead atoms. The Labute approximate surface area is 118 Å². The van der Waals surface area contributed by atoms with Gasteiger partial charge >= 0.3 is 0 Å². The molecule has 0 radical (unpaired) electrons. The van der Waals surface area contributed by atoms with Crippen molar-refractivity contribution in [3.05, 3.63) is 34.5 Å². The predicted molar refractivity (Wildman–Crippen MR) is 74.9 cm³/mol. The molecule has 2 rings (SSSR count). The van der Waals surface area contributed by atoms with Gasteiger partial charge in [-0.05, 0) is 30.7 Å². The number of halogens is 1. The SMILES string of the molecule is O=CNCCCNC(=O)c1cc2ccc(Br)cc2o1. The molecule has 0 atom stereocenters. The fourth-order valence-electron chi connectivity index (χ4n) is 1.66. The Morgan fingerprint density at radius 2 is 2.16 bits per heavy atom. The molecule has 0 unspecified atom stereocenters. The first-order chi connectivity index (χ1) is 9.20. The van der Waals surface area contributed by atoms with Crippen LogP contribution >= 0.6 is 15.9 Å². The minimum Gasteiger partial charge on any atom is -0.451 e. The van der Waals surface area contributed by atoms with E-state index in [1.54, 1.807) is 6.07 Å². The van der Waals surface area contributed by atoms with Crippen molar-refractivity contribution < 1.29 is 14.0 Å². The molecule has 6 heteroatoms. The van der Waals surface area contributed by atoms with E-state index < -0.39 is 0 Å². The molecule has 0 aliphatic rings. The van der Waals surface area contributed by atoms with Crippen LogP contribution in [0.5, 0.6) is 0 Å². The summed E-state index contributed by atoms with van der Waals surface area (Å²) in [5, 5.41) is 6.15. The van der Waals surface area contributed by atoms with E-state index in [0.29, 0.717) is 31.5 Å². The van der Waals surface area contributed by atoms with Crippen molar-refractivity contribution in [2.75, 3.05) is 13.1 Å². The fraction of sp³-hybridized carbons (Fsp3) is 0.231. The lowest BCUT2D eigenvalue weighted by Crippen LogP contribution is -2.26. The second kappa shape index (κ2) is 6.38. The Balaban J connectivity index is 1.95. The van der Waals surface area contributed by atoms with E-state index in [1.807, 2.05) is 18.2 Å². The van der Waals surface area contributed by atoms with Gasteiger partial charge in [-0.25, -0.2) is 0 Å². The Kier molecular flexibility index (Phi) is 4.57. The van der Waals surface area contributed by atoms with Crippen LogP contribution < -0.4 is 10.6 Å². The number of nitrogens with one attached hydrogen (secondary N) is 2. The number of rotatable bonds is 6. The molecule has 1 heterocycles. The molecule has 0 aliphatic heterocycles. The lowest BCUT2D eigenvalue weighted by molar-refractivity contribution is -0.109. The summed E-state index contributed by atoms with van der Waals surface area (Å²) in [5.41, 5.74) is 0.669. The van der Waals surface area contributed by atoms with Gasteiger partial charge in [-0.2, -0.15) is 0 Å². The van der Waals surface area contributed by atoms with Crippen molar-refractivity contribution in [1.29, 1.82) is 0 Å². The van der Waals surface area contributed by atoms with Crippen LogP contribution in [0.15, 0.2) is 33.2 Å². The largest absolute Gasteiger partial charge is 0.451 e. The minimum atomic E-state index is -0.251. The molecule has 0 saturated carbocycles. The zero-order valence-corrected chi connectivity index (χ0v) is 11.7. The maximum absolute atomic E-state index is 11.8. The van der Waals surface area contributed by atoms with Gasteiger partial charge in [0.25, 0.3) is 5.91 Å². The van der Waals surface area contributed by atoms with E-state index >= 15 is 0 Å². The summed E-state index contributed by atoms with van der Waals surface area (Å²) in [6.07, 6.45) is 1.31. The van der Waals surface area contributed by atoms with E-state index in [1.165, 1.54) is 0 Å². The number of hydrogen-bond acceptors (Lipinski definition) is 3. The molecule has 5 nitrogen and oxygen atoms in total. The first-order valence-electron chi connectivity index (χ1n) is 5.85. The highest BCUT2D eigenvalue weighted by molar-refractivity contribution is 9.10. The van der Waals surface area contributed by atoms with Crippen LogP contribution in [0.2, 0.25) is 0 Å². The van der Waals surface area contributed by atoms with Crippen molar-refractivity contribution in [2.24, 2.45) is 0 Å². The summed E-state index contributed by atoms with van der Waals surface area (Å²) in [6, 6.07) is 7.30. The monoisotopic (exact) mass is 324 g/mol. The first-order valence-corrected chi connectivity index (χ1v) is 6.64. The average Bonchev–Trinajstić information content (AvgIpc) is 2.81. The van der Waals surface area contributed by atoms with Gasteiger partial charge in [-0.3, -0.25) is 9.59 Å². The zero-order chi connectivity index (χ0) is 13.7. The minimum absolute atomic E-state index is 0.251. The fourth-order valence-corrected chi connectivity index (χ4v) is 2.00. The highest BCUT2D eigenvalue weighted by atomic mass is 79.9. The van der Waals surface area contributed by atoms with Crippen LogP contribution in [0.25, 0.3) is 11.0 Å². The first kappa shape index (κ1) is 13.6. The molecule has 19 heavy (non-hydrogen) atoms. The van der Waals surface area contributed by atoms with E-state index in [9.17, 15) is 9.59 Å². The summed E-state index contributed by atoms with van der Waals surface area (Å²) in [4.78, 5) is 21.9. The van der Waals surface area contributed by atoms with Gasteiger partial charge in [0.05, 0.1) is 0 Å². The van der Waals surface area contributed by atoms with Crippen molar-refractivity contribution in [3.8, 4) is 0 Å². The third kappa shape index (κ3) is 3.57. The molecule has 2 aromatic rings. The summed E-state index contributed by atoms with van der Waals surface area (Å²) >= 11 is 3.35. The molecular weight excluding hydrogens is 312 g/mol. The molecule has 0 saturated heterocycles. The highest BCUT2D eigenvalue weighted by Gasteiger charge is 2.11. The normalized spacial score (nSPS) is 10.4. The number of carbonyl (C=O) groups excluding carboxylic acids is 2. The Morgan fingerprint density at radius 1 is 1.32 bits per heavy atom. The Hall–Kier alpha value is -1.82. The molecule has 0 fully saturated rings. The number of fused-ring (bicyclic) bond motifs is 1. The predicted octanol–water partition coefficient (Wildman–Crippen LogP) is 2.06. The van der Waals surface area contributed by atoms with Crippen LogP contribution in [-0.4, -0.2) is 25.4 Å². The van der Waals surface area contributed by atoms with Crippen LogP contribution in [0.3, 0.4) is 0 Å². The van der Waals surface area contributed by atoms with Gasteiger partial charge in [0.15, 0.2) is 5.76 Å². The van der Waals surface area contributed by atoms with Crippen molar-refractivity contribution >= 4 is 39.2 Å². The maximum atomic E-state index is 11.8. The van der Waals surface area contributed by atoms with Crippen molar-refractivity contribution in [3.63, 3.8) is 0 Å². The number of furan rings is 1. The summed E-state index contributed by atoms with van der Waals surface area (Å²) in [7, 11) is 0. The van der Waals surface area contributed by atoms with Gasteiger partial charge in [-0.1, -0.05) is 15.9 Å². The lowest BCUT2D eigenvalue weighted by Gasteiger charge is -2.01. The molecule has 1 aromatic carbocycles. The number of amides is 2. The third-order valence-electron chi connectivity index (χ3n) is 2.57. The standard InChI is InChI=1S/C13H13BrN2O3/c14-10-3-2-9-6-12(19-11(9)7-10)13(18)16-5-1-4-15-8-17/h2-3,6-8H,1,4-5H2,(H,15,17)(H,16,18). The quantitative estimate of drug-likeness (QED) is 0.631. The third-order valence-corrected chi connectivity index (χ3v) is 3.07. The summed E-state index contributed by atoms with van der Waals surface area (Å²) in [5.74, 6) is 0.0369. The Morgan fingerprint density at radius 3 is 2.95 bits per heavy atom. The van der Waals surface area contributed by atoms with Gasteiger partial charge < -0.3 is 15.1 Å². The van der Waals surface area contributed by atoms with Crippen molar-refractivity contribution in [2.45, 2.75) is 6.42 Å². The van der Waals surface area contributed by atoms with Gasteiger partial charge in [-0.15, -0.1) is 0 Å². The number of hydrogen-bond donors (Lipinski definition) is 2. The number of benzene rings is 1. The number of carbonyl (C=O) groups is 2. The van der Waals surface area contributed by atoms with E-state index in [0.717, 1.165) is 9.86 Å². The van der Waals surface area contributed by atoms with E-state index in [4.69, 9.17) is 4.42 Å². The maximum Gasteiger partial charge on any atom is 0.287 e. The molecule has 2 N–H and O–H groups in total. The zero-order valence-electron chi connectivity index (χ0n) is 10.1. The van der Waals surface area contributed by atoms with Crippen LogP contribution in [0, 0.1) is 0 Å². The van der Waals surface area contributed by atoms with Crippen LogP contribution in [0.1, 0.15) is 17.0 Å². The van der Waals surface area contributed by atoms with Gasteiger partial charge in [0.1, 0.15) is 5.58 Å². The average molecular weight is 325 g/mol. The Bertz CT molecular complexity index is 595. The van der Waals surface area contributed by atoms with Gasteiger partial charge in [0, 0.05) is 22.9 Å². The molecule has 100 valence electrons. The summed E-state index contributed by atoms with van der Waals surface area (Å²) in [6.45, 7) is 1.03. The molecule has 0 spiro atoms. The van der Waals surface area contributed by atoms with E-state index in [2.05, 4.69) is 26.6 Å². The lowest BCUT2D eigenvalue weighted by atomic mass is 10.2. The molecular formula is C13H13BrN2O3. The molecule has 0 aliphatic carbocycles. The smallest absolute Gasteiger partial charge is 0.287 e. The highest BCUT2D eigenvalue weighted by Crippen LogP contribution is 2.23.